The number of sulfonamides is 1. The molecule has 1 atom stereocenters. The van der Waals surface area contributed by atoms with Crippen LogP contribution < -0.4 is 14.5 Å². The summed E-state index contributed by atoms with van der Waals surface area (Å²) in [4.78, 5) is 26.5. The molecule has 4 rings (SSSR count). The fourth-order valence-electron chi connectivity index (χ4n) is 4.50. The molecule has 1 aliphatic heterocycles. The van der Waals surface area contributed by atoms with E-state index in [4.69, 9.17) is 16.3 Å². The monoisotopic (exact) mass is 640 g/mol. The molecule has 1 saturated heterocycles. The lowest BCUT2D eigenvalue weighted by Crippen LogP contribution is -2.41. The van der Waals surface area contributed by atoms with Crippen LogP contribution in [0.4, 0.5) is 41.2 Å². The van der Waals surface area contributed by atoms with Crippen LogP contribution in [-0.2, 0) is 21.8 Å². The molecule has 3 aromatic rings. The van der Waals surface area contributed by atoms with Crippen LogP contribution in [0.2, 0.25) is 5.02 Å². The van der Waals surface area contributed by atoms with Crippen molar-refractivity contribution in [3.63, 3.8) is 0 Å². The van der Waals surface area contributed by atoms with Gasteiger partial charge in [-0.15, -0.1) is 4.31 Å². The van der Waals surface area contributed by atoms with E-state index in [-0.39, 0.29) is 33.4 Å². The van der Waals surface area contributed by atoms with Crippen molar-refractivity contribution in [3.8, 4) is 0 Å². The van der Waals surface area contributed by atoms with Crippen LogP contribution in [0.3, 0.4) is 0 Å². The first kappa shape index (κ1) is 31.8. The van der Waals surface area contributed by atoms with Crippen molar-refractivity contribution < 1.29 is 36.6 Å². The van der Waals surface area contributed by atoms with Crippen LogP contribution in [0.25, 0.3) is 0 Å². The highest BCUT2D eigenvalue weighted by molar-refractivity contribution is 7.93. The highest BCUT2D eigenvalue weighted by atomic mass is 35.5. The lowest BCUT2D eigenvalue weighted by molar-refractivity contribution is 0.0607. The smallest absolute Gasteiger partial charge is 0.430 e. The van der Waals surface area contributed by atoms with Crippen molar-refractivity contribution in [1.82, 2.24) is 14.7 Å². The summed E-state index contributed by atoms with van der Waals surface area (Å²) in [6.07, 6.45) is -0.473. The van der Waals surface area contributed by atoms with Gasteiger partial charge >= 0.3 is 12.2 Å². The van der Waals surface area contributed by atoms with E-state index >= 15 is 4.39 Å². The van der Waals surface area contributed by atoms with E-state index in [1.54, 1.807) is 25.7 Å². The largest absolute Gasteiger partial charge is 0.465 e. The minimum absolute atomic E-state index is 0.0361. The van der Waals surface area contributed by atoms with E-state index in [0.29, 0.717) is 24.3 Å². The molecule has 1 unspecified atom stereocenters. The van der Waals surface area contributed by atoms with Crippen LogP contribution in [0, 0.1) is 11.6 Å². The van der Waals surface area contributed by atoms with Crippen molar-refractivity contribution >= 4 is 56.7 Å². The Morgan fingerprint density at radius 2 is 1.86 bits per heavy atom. The molecule has 43 heavy (non-hydrogen) atoms. The summed E-state index contributed by atoms with van der Waals surface area (Å²) >= 11 is 6.43. The number of likely N-dealkylation sites (N-methyl/N-ethyl adjacent to an activating group) is 1. The number of nitrogens with one attached hydrogen (secondary N) is 1. The molecule has 2 aromatic carbocycles. The third-order valence-electron chi connectivity index (χ3n) is 6.59. The first-order valence-electron chi connectivity index (χ1n) is 13.0. The van der Waals surface area contributed by atoms with Gasteiger partial charge in [0.2, 0.25) is 0 Å². The number of carbonyl (C=O) groups is 2. The van der Waals surface area contributed by atoms with Gasteiger partial charge in [0.05, 0.1) is 28.1 Å². The molecule has 0 bridgehead atoms. The zero-order valence-corrected chi connectivity index (χ0v) is 25.6. The molecule has 16 heteroatoms. The number of halogens is 3. The van der Waals surface area contributed by atoms with Gasteiger partial charge in [0, 0.05) is 45.5 Å². The molecule has 1 fully saturated rings. The second-order valence-electron chi connectivity index (χ2n) is 10.9. The average Bonchev–Trinajstić information content (AvgIpc) is 3.54. The number of rotatable bonds is 7. The molecule has 0 spiro atoms. The molecular formula is C27H31ClF2N6O6S. The summed E-state index contributed by atoms with van der Waals surface area (Å²) in [5, 5.41) is 16.0. The SMILES string of the molecule is CN(C(=O)O)C1CCN(c2cc(F)ccc2Nc2cc(F)c(S(=O)(=O)N(C(=O)OC(C)(C)C)c3ccn(C)n3)cc2Cl)C1. The lowest BCUT2D eigenvalue weighted by Gasteiger charge is -2.26. The number of amides is 2. The second-order valence-corrected chi connectivity index (χ2v) is 13.1. The molecule has 2 heterocycles. The van der Waals surface area contributed by atoms with Gasteiger partial charge < -0.3 is 25.0 Å². The van der Waals surface area contributed by atoms with Gasteiger partial charge in [-0.25, -0.2) is 26.8 Å². The highest BCUT2D eigenvalue weighted by Crippen LogP contribution is 2.37. The minimum atomic E-state index is -4.92. The normalized spacial score (nSPS) is 15.3. The molecule has 2 amide bonds. The summed E-state index contributed by atoms with van der Waals surface area (Å²) in [6.45, 7) is 5.34. The van der Waals surface area contributed by atoms with Gasteiger partial charge in [-0.2, -0.15) is 5.10 Å². The number of nitrogens with zero attached hydrogens (tertiary/aromatic N) is 5. The molecule has 0 aliphatic carbocycles. The first-order chi connectivity index (χ1) is 20.0. The molecule has 1 aromatic heterocycles. The summed E-state index contributed by atoms with van der Waals surface area (Å²) in [5.74, 6) is -2.10. The van der Waals surface area contributed by atoms with Gasteiger partial charge in [0.1, 0.15) is 22.1 Å². The van der Waals surface area contributed by atoms with Gasteiger partial charge in [0.25, 0.3) is 10.0 Å². The summed E-state index contributed by atoms with van der Waals surface area (Å²) in [6, 6.07) is 6.46. The Morgan fingerprint density at radius 3 is 2.47 bits per heavy atom. The van der Waals surface area contributed by atoms with Crippen molar-refractivity contribution in [2.75, 3.05) is 34.7 Å². The number of carboxylic acid groups (broad SMARTS) is 1. The molecule has 0 radical (unpaired) electrons. The van der Waals surface area contributed by atoms with Gasteiger partial charge in [-0.1, -0.05) is 11.6 Å². The molecular weight excluding hydrogens is 610 g/mol. The van der Waals surface area contributed by atoms with Crippen LogP contribution in [-0.4, -0.2) is 72.2 Å². The standard InChI is InChI=1S/C27H31ClF2N6O6S/c1-27(2,3)42-26(39)36(24-9-10-33(4)32-24)43(40,41)23-13-18(28)21(14-19(23)30)31-20-7-6-16(29)12-22(20)35-11-8-17(15-35)34(5)25(37)38/h6-7,9-10,12-14,17,31H,8,11,15H2,1-5H3,(H,37,38). The maximum absolute atomic E-state index is 15.6. The molecule has 232 valence electrons. The van der Waals surface area contributed by atoms with Crippen molar-refractivity contribution in [3.05, 3.63) is 59.3 Å². The van der Waals surface area contributed by atoms with E-state index in [9.17, 15) is 27.5 Å². The zero-order chi connectivity index (χ0) is 31.9. The maximum Gasteiger partial charge on any atom is 0.430 e. The van der Waals surface area contributed by atoms with Crippen LogP contribution in [0.1, 0.15) is 27.2 Å². The number of hydrogen-bond donors (Lipinski definition) is 2. The Hall–Kier alpha value is -4.11. The molecule has 2 N–H and O–H groups in total. The Morgan fingerprint density at radius 1 is 1.16 bits per heavy atom. The number of hydrogen-bond acceptors (Lipinski definition) is 8. The summed E-state index contributed by atoms with van der Waals surface area (Å²) < 4.78 is 64.0. The quantitative estimate of drug-likeness (QED) is 0.347. The third-order valence-corrected chi connectivity index (χ3v) is 8.59. The molecule has 0 saturated carbocycles. The van der Waals surface area contributed by atoms with Crippen LogP contribution >= 0.6 is 11.6 Å². The van der Waals surface area contributed by atoms with Crippen LogP contribution in [0.15, 0.2) is 47.5 Å². The van der Waals surface area contributed by atoms with Crippen LogP contribution in [0.5, 0.6) is 0 Å². The fraction of sp³-hybridized carbons (Fsp3) is 0.370. The van der Waals surface area contributed by atoms with E-state index < -0.39 is 44.3 Å². The van der Waals surface area contributed by atoms with E-state index in [1.165, 1.54) is 54.1 Å². The predicted molar refractivity (Wildman–Crippen MR) is 157 cm³/mol. The van der Waals surface area contributed by atoms with E-state index in [2.05, 4.69) is 10.4 Å². The summed E-state index contributed by atoms with van der Waals surface area (Å²) in [7, 11) is -1.95. The Labute approximate surface area is 252 Å². The van der Waals surface area contributed by atoms with Crippen molar-refractivity contribution in [2.45, 2.75) is 43.7 Å². The van der Waals surface area contributed by atoms with E-state index in [1.807, 2.05) is 0 Å². The number of benzene rings is 2. The van der Waals surface area contributed by atoms with Crippen molar-refractivity contribution in [1.29, 1.82) is 0 Å². The number of aryl methyl sites for hydroxylation is 1. The Bertz CT molecular complexity index is 1660. The summed E-state index contributed by atoms with van der Waals surface area (Å²) in [5.41, 5.74) is -0.415. The fourth-order valence-corrected chi connectivity index (χ4v) is 6.12. The van der Waals surface area contributed by atoms with Gasteiger partial charge in [0.15, 0.2) is 5.82 Å². The highest BCUT2D eigenvalue weighted by Gasteiger charge is 2.38. The maximum atomic E-state index is 15.6. The first-order valence-corrected chi connectivity index (χ1v) is 14.8. The minimum Gasteiger partial charge on any atom is -0.465 e. The Balaban J connectivity index is 1.68. The molecule has 12 nitrogen and oxygen atoms in total. The van der Waals surface area contributed by atoms with E-state index in [0.717, 1.165) is 12.1 Å². The van der Waals surface area contributed by atoms with Gasteiger partial charge in [-0.3, -0.25) is 4.68 Å². The Kier molecular flexibility index (Phi) is 8.79. The predicted octanol–water partition coefficient (Wildman–Crippen LogP) is 5.41. The third kappa shape index (κ3) is 6.94. The number of anilines is 4. The second kappa shape index (κ2) is 11.9. The van der Waals surface area contributed by atoms with Gasteiger partial charge in [-0.05, 0) is 51.5 Å². The van der Waals surface area contributed by atoms with Crippen molar-refractivity contribution in [2.24, 2.45) is 7.05 Å². The number of ether oxygens (including phenoxy) is 1. The topological polar surface area (TPSA) is 137 Å². The molecule has 1 aliphatic rings. The average molecular weight is 641 g/mol. The lowest BCUT2D eigenvalue weighted by atomic mass is 10.2. The zero-order valence-electron chi connectivity index (χ0n) is 24.0. The number of aromatic nitrogens is 2. The number of carbonyl (C=O) groups excluding carboxylic acids is 1.